The van der Waals surface area contributed by atoms with Crippen LogP contribution in [0.1, 0.15) is 19.4 Å². The van der Waals surface area contributed by atoms with E-state index >= 15 is 0 Å². The van der Waals surface area contributed by atoms with Crippen LogP contribution in [0, 0.1) is 0 Å². The van der Waals surface area contributed by atoms with Crippen molar-refractivity contribution in [3.63, 3.8) is 0 Å². The van der Waals surface area contributed by atoms with Crippen molar-refractivity contribution >= 4 is 15.7 Å². The lowest BCUT2D eigenvalue weighted by molar-refractivity contribution is -0.136. The fraction of sp³-hybridized carbons (Fsp3) is 0.500. The number of rotatable bonds is 6. The van der Waals surface area contributed by atoms with Crippen molar-refractivity contribution in [3.05, 3.63) is 29.8 Å². The average Bonchev–Trinajstić information content (AvgIpc) is 2.26. The van der Waals surface area contributed by atoms with Crippen LogP contribution < -0.4 is 10.0 Å². The maximum Gasteiger partial charge on any atom is 0.418 e. The largest absolute Gasteiger partial charge is 0.418 e. The van der Waals surface area contributed by atoms with E-state index in [1.165, 1.54) is 12.1 Å². The number of nitrogens with one attached hydrogen (secondary N) is 2. The first-order valence-corrected chi connectivity index (χ1v) is 7.67. The Morgan fingerprint density at radius 1 is 1.20 bits per heavy atom. The molecule has 0 saturated carbocycles. The zero-order valence-electron chi connectivity index (χ0n) is 11.2. The number of hydrogen-bond donors (Lipinski definition) is 2. The lowest BCUT2D eigenvalue weighted by atomic mass is 10.2. The topological polar surface area (TPSA) is 58.2 Å². The third-order valence-corrected chi connectivity index (χ3v) is 3.69. The van der Waals surface area contributed by atoms with Crippen molar-refractivity contribution in [2.45, 2.75) is 26.1 Å². The fourth-order valence-corrected chi connectivity index (χ4v) is 2.52. The standard InChI is InChI=1S/C12H17F3N2O2S/c1-9(2)16-7-8-20(18,19)17-11-6-4-3-5-10(11)12(13,14)15/h3-6,9,16-17H,7-8H2,1-2H3. The molecule has 0 fully saturated rings. The Kier molecular flexibility index (Phi) is 5.41. The average molecular weight is 310 g/mol. The second-order valence-electron chi connectivity index (χ2n) is 4.57. The van der Waals surface area contributed by atoms with Gasteiger partial charge in [-0.3, -0.25) is 4.72 Å². The molecule has 0 atom stereocenters. The second-order valence-corrected chi connectivity index (χ2v) is 6.41. The number of hydrogen-bond acceptors (Lipinski definition) is 3. The Morgan fingerprint density at radius 3 is 2.35 bits per heavy atom. The second kappa shape index (κ2) is 6.45. The molecule has 1 rings (SSSR count). The van der Waals surface area contributed by atoms with E-state index in [-0.39, 0.29) is 18.3 Å². The van der Waals surface area contributed by atoms with E-state index in [1.54, 1.807) is 0 Å². The first kappa shape index (κ1) is 16.8. The lowest BCUT2D eigenvalue weighted by Gasteiger charge is -2.15. The van der Waals surface area contributed by atoms with Crippen molar-refractivity contribution in [3.8, 4) is 0 Å². The number of anilines is 1. The molecule has 0 bridgehead atoms. The molecule has 0 unspecified atom stereocenters. The van der Waals surface area contributed by atoms with Gasteiger partial charge in [0.15, 0.2) is 0 Å². The van der Waals surface area contributed by atoms with Crippen molar-refractivity contribution in [1.82, 2.24) is 5.32 Å². The Morgan fingerprint density at radius 2 is 1.80 bits per heavy atom. The molecule has 114 valence electrons. The summed E-state index contributed by atoms with van der Waals surface area (Å²) in [7, 11) is -3.83. The summed E-state index contributed by atoms with van der Waals surface area (Å²) in [6.07, 6.45) is -4.60. The molecule has 0 aliphatic heterocycles. The first-order valence-electron chi connectivity index (χ1n) is 6.02. The van der Waals surface area contributed by atoms with Gasteiger partial charge in [0, 0.05) is 12.6 Å². The van der Waals surface area contributed by atoms with Gasteiger partial charge in [0.2, 0.25) is 10.0 Å². The third kappa shape index (κ3) is 5.38. The van der Waals surface area contributed by atoms with Gasteiger partial charge in [0.05, 0.1) is 17.0 Å². The van der Waals surface area contributed by atoms with E-state index in [1.807, 2.05) is 18.6 Å². The van der Waals surface area contributed by atoms with E-state index in [0.717, 1.165) is 12.1 Å². The van der Waals surface area contributed by atoms with Crippen molar-refractivity contribution in [2.24, 2.45) is 0 Å². The normalized spacial score (nSPS) is 12.7. The van der Waals surface area contributed by atoms with Crippen LogP contribution in [0.5, 0.6) is 0 Å². The van der Waals surface area contributed by atoms with Crippen LogP contribution in [0.4, 0.5) is 18.9 Å². The van der Waals surface area contributed by atoms with Gasteiger partial charge in [-0.05, 0) is 12.1 Å². The fourth-order valence-electron chi connectivity index (χ4n) is 1.52. The highest BCUT2D eigenvalue weighted by molar-refractivity contribution is 7.92. The van der Waals surface area contributed by atoms with Gasteiger partial charge in [-0.25, -0.2) is 8.42 Å². The molecule has 0 heterocycles. The predicted molar refractivity (Wildman–Crippen MR) is 72.0 cm³/mol. The van der Waals surface area contributed by atoms with Crippen LogP contribution in [-0.4, -0.2) is 26.8 Å². The van der Waals surface area contributed by atoms with Crippen LogP contribution in [-0.2, 0) is 16.2 Å². The number of sulfonamides is 1. The highest BCUT2D eigenvalue weighted by Crippen LogP contribution is 2.34. The summed E-state index contributed by atoms with van der Waals surface area (Å²) in [5.74, 6) is -0.294. The maximum absolute atomic E-state index is 12.7. The third-order valence-electron chi connectivity index (χ3n) is 2.42. The van der Waals surface area contributed by atoms with E-state index < -0.39 is 27.5 Å². The zero-order chi connectivity index (χ0) is 15.4. The minimum absolute atomic E-state index is 0.104. The summed E-state index contributed by atoms with van der Waals surface area (Å²) in [6, 6.07) is 4.59. The molecule has 0 aliphatic carbocycles. The summed E-state index contributed by atoms with van der Waals surface area (Å²) in [5, 5.41) is 2.89. The quantitative estimate of drug-likeness (QED) is 0.848. The Hall–Kier alpha value is -1.28. The molecular formula is C12H17F3N2O2S. The molecule has 0 radical (unpaired) electrons. The Labute approximate surface area is 116 Å². The predicted octanol–water partition coefficient (Wildman–Crippen LogP) is 2.45. The summed E-state index contributed by atoms with van der Waals surface area (Å²) in [5.41, 5.74) is -1.45. The van der Waals surface area contributed by atoms with Crippen LogP contribution in [0.2, 0.25) is 0 Å². The highest BCUT2D eigenvalue weighted by Gasteiger charge is 2.34. The molecule has 0 amide bonds. The summed E-state index contributed by atoms with van der Waals surface area (Å²) >= 11 is 0. The smallest absolute Gasteiger partial charge is 0.313 e. The van der Waals surface area contributed by atoms with Gasteiger partial charge in [0.1, 0.15) is 0 Å². The molecule has 0 aliphatic rings. The summed E-state index contributed by atoms with van der Waals surface area (Å²) in [6.45, 7) is 3.86. The first-order chi connectivity index (χ1) is 9.12. The number of para-hydroxylation sites is 1. The molecule has 0 aromatic heterocycles. The van der Waals surface area contributed by atoms with Crippen LogP contribution in [0.15, 0.2) is 24.3 Å². The Bertz CT molecular complexity index is 542. The highest BCUT2D eigenvalue weighted by atomic mass is 32.2. The van der Waals surface area contributed by atoms with Crippen LogP contribution >= 0.6 is 0 Å². The molecule has 1 aromatic carbocycles. The number of alkyl halides is 3. The molecule has 0 saturated heterocycles. The lowest BCUT2D eigenvalue weighted by Crippen LogP contribution is -2.31. The van der Waals surface area contributed by atoms with E-state index in [0.29, 0.717) is 0 Å². The Balaban J connectivity index is 2.83. The van der Waals surface area contributed by atoms with Crippen LogP contribution in [0.25, 0.3) is 0 Å². The van der Waals surface area contributed by atoms with Gasteiger partial charge < -0.3 is 5.32 Å². The number of halogens is 3. The SMILES string of the molecule is CC(C)NCCS(=O)(=O)Nc1ccccc1C(F)(F)F. The van der Waals surface area contributed by atoms with Gasteiger partial charge in [0.25, 0.3) is 0 Å². The number of benzene rings is 1. The summed E-state index contributed by atoms with van der Waals surface area (Å²) in [4.78, 5) is 0. The van der Waals surface area contributed by atoms with E-state index in [2.05, 4.69) is 5.32 Å². The zero-order valence-corrected chi connectivity index (χ0v) is 12.0. The molecule has 1 aromatic rings. The molecule has 4 nitrogen and oxygen atoms in total. The van der Waals surface area contributed by atoms with Crippen molar-refractivity contribution in [1.29, 1.82) is 0 Å². The van der Waals surface area contributed by atoms with E-state index in [9.17, 15) is 21.6 Å². The molecule has 20 heavy (non-hydrogen) atoms. The molecule has 8 heteroatoms. The van der Waals surface area contributed by atoms with Crippen LogP contribution in [0.3, 0.4) is 0 Å². The van der Waals surface area contributed by atoms with E-state index in [4.69, 9.17) is 0 Å². The molecule has 2 N–H and O–H groups in total. The van der Waals surface area contributed by atoms with Gasteiger partial charge in [-0.1, -0.05) is 26.0 Å². The molecular weight excluding hydrogens is 293 g/mol. The van der Waals surface area contributed by atoms with Gasteiger partial charge in [-0.15, -0.1) is 0 Å². The van der Waals surface area contributed by atoms with Crippen molar-refractivity contribution in [2.75, 3.05) is 17.0 Å². The summed E-state index contributed by atoms with van der Waals surface area (Å²) < 4.78 is 63.7. The minimum Gasteiger partial charge on any atom is -0.313 e. The minimum atomic E-state index is -4.60. The van der Waals surface area contributed by atoms with Gasteiger partial charge in [-0.2, -0.15) is 13.2 Å². The van der Waals surface area contributed by atoms with Crippen molar-refractivity contribution < 1.29 is 21.6 Å². The monoisotopic (exact) mass is 310 g/mol. The maximum atomic E-state index is 12.7. The van der Waals surface area contributed by atoms with Gasteiger partial charge >= 0.3 is 6.18 Å². The molecule has 0 spiro atoms.